The lowest BCUT2D eigenvalue weighted by Crippen LogP contribution is -2.27. The molecule has 3 nitrogen and oxygen atoms in total. The topological polar surface area (TPSA) is 45.4 Å². The minimum absolute atomic E-state index is 0.0552. The van der Waals surface area contributed by atoms with Gasteiger partial charge in [-0.05, 0) is 43.2 Å². The first kappa shape index (κ1) is 14.1. The molecule has 0 aliphatic heterocycles. The van der Waals surface area contributed by atoms with Crippen LogP contribution in [0.2, 0.25) is 5.02 Å². The van der Waals surface area contributed by atoms with Crippen molar-refractivity contribution in [1.82, 2.24) is 5.32 Å². The first-order chi connectivity index (χ1) is 9.17. The maximum Gasteiger partial charge on any atom is 0.129 e. The molecule has 1 heterocycles. The normalized spacial score (nSPS) is 12.6. The molecule has 1 aromatic carbocycles. The van der Waals surface area contributed by atoms with Gasteiger partial charge in [-0.15, -0.1) is 0 Å². The Balaban J connectivity index is 1.81. The second kappa shape index (κ2) is 6.75. The Morgan fingerprint density at radius 1 is 1.16 bits per heavy atom. The van der Waals surface area contributed by atoms with Gasteiger partial charge in [0, 0.05) is 11.1 Å². The summed E-state index contributed by atoms with van der Waals surface area (Å²) < 4.78 is 5.42. The zero-order chi connectivity index (χ0) is 13.7. The van der Waals surface area contributed by atoms with Crippen LogP contribution in [0.3, 0.4) is 0 Å². The molecule has 4 heteroatoms. The van der Waals surface area contributed by atoms with Crippen LogP contribution in [-0.4, -0.2) is 11.1 Å². The molecule has 0 aliphatic carbocycles. The zero-order valence-electron chi connectivity index (χ0n) is 10.9. The minimum atomic E-state index is -0.0552. The highest BCUT2D eigenvalue weighted by Crippen LogP contribution is 2.12. The number of aliphatic hydroxyl groups is 1. The molecule has 2 N–H and O–H groups in total. The lowest BCUT2D eigenvalue weighted by Gasteiger charge is -2.13. The van der Waals surface area contributed by atoms with E-state index in [0.29, 0.717) is 18.3 Å². The summed E-state index contributed by atoms with van der Waals surface area (Å²) in [5.41, 5.74) is 1.25. The van der Waals surface area contributed by atoms with Crippen LogP contribution in [0.5, 0.6) is 0 Å². The van der Waals surface area contributed by atoms with Gasteiger partial charge in [0.2, 0.25) is 0 Å². The molecule has 0 saturated heterocycles. The second-order valence-electron chi connectivity index (χ2n) is 4.64. The van der Waals surface area contributed by atoms with E-state index in [0.717, 1.165) is 17.2 Å². The summed E-state index contributed by atoms with van der Waals surface area (Å²) in [6, 6.07) is 11.9. The van der Waals surface area contributed by atoms with Gasteiger partial charge in [0.25, 0.3) is 0 Å². The van der Waals surface area contributed by atoms with Crippen LogP contribution >= 0.6 is 11.6 Å². The number of nitrogens with one attached hydrogen (secondary N) is 1. The van der Waals surface area contributed by atoms with Crippen molar-refractivity contribution in [3.8, 4) is 0 Å². The van der Waals surface area contributed by atoms with Gasteiger partial charge in [0.15, 0.2) is 0 Å². The number of rotatable bonds is 6. The van der Waals surface area contributed by atoms with Crippen molar-refractivity contribution in [2.24, 2.45) is 0 Å². The summed E-state index contributed by atoms with van der Waals surface area (Å²) in [6.07, 6.45) is 0.935. The predicted octanol–water partition coefficient (Wildman–Crippen LogP) is 3.15. The summed E-state index contributed by atoms with van der Waals surface area (Å²) in [5, 5.41) is 13.1. The fourth-order valence-corrected chi connectivity index (χ4v) is 2.05. The van der Waals surface area contributed by atoms with Crippen molar-refractivity contribution in [1.29, 1.82) is 0 Å². The Morgan fingerprint density at radius 2 is 1.84 bits per heavy atom. The maximum absolute atomic E-state index is 8.92. The molecule has 0 amide bonds. The van der Waals surface area contributed by atoms with Gasteiger partial charge in [0.1, 0.15) is 18.1 Å². The van der Waals surface area contributed by atoms with Crippen molar-refractivity contribution in [2.45, 2.75) is 32.5 Å². The highest BCUT2D eigenvalue weighted by Gasteiger charge is 2.06. The lowest BCUT2D eigenvalue weighted by molar-refractivity contribution is 0.242. The summed E-state index contributed by atoms with van der Waals surface area (Å²) in [5.74, 6) is 1.44. The molecule has 2 aromatic rings. The van der Waals surface area contributed by atoms with Crippen molar-refractivity contribution < 1.29 is 9.52 Å². The van der Waals surface area contributed by atoms with Gasteiger partial charge in [-0.1, -0.05) is 23.7 Å². The van der Waals surface area contributed by atoms with Crippen molar-refractivity contribution in [2.75, 3.05) is 0 Å². The van der Waals surface area contributed by atoms with Crippen molar-refractivity contribution in [3.63, 3.8) is 0 Å². The average molecular weight is 280 g/mol. The van der Waals surface area contributed by atoms with E-state index in [2.05, 4.69) is 12.2 Å². The van der Waals surface area contributed by atoms with E-state index in [4.69, 9.17) is 21.1 Å². The first-order valence-corrected chi connectivity index (χ1v) is 6.71. The predicted molar refractivity (Wildman–Crippen MR) is 76.1 cm³/mol. The van der Waals surface area contributed by atoms with Crippen molar-refractivity contribution in [3.05, 3.63) is 58.5 Å². The molecule has 1 unspecified atom stereocenters. The number of aliphatic hydroxyl groups excluding tert-OH is 1. The fourth-order valence-electron chi connectivity index (χ4n) is 1.92. The number of halogens is 1. The molecule has 1 aromatic heterocycles. The standard InChI is InChI=1S/C15H18ClNO2/c1-11(8-12-2-4-13(16)5-3-12)17-9-14-6-7-15(10-18)19-14/h2-7,11,17-18H,8-10H2,1H3. The summed E-state index contributed by atoms with van der Waals surface area (Å²) >= 11 is 5.86. The second-order valence-corrected chi connectivity index (χ2v) is 5.08. The van der Waals surface area contributed by atoms with E-state index >= 15 is 0 Å². The summed E-state index contributed by atoms with van der Waals surface area (Å²) in [6.45, 7) is 2.74. The number of hydrogen-bond acceptors (Lipinski definition) is 3. The summed E-state index contributed by atoms with van der Waals surface area (Å²) in [7, 11) is 0. The van der Waals surface area contributed by atoms with Gasteiger partial charge in [-0.25, -0.2) is 0 Å². The Kier molecular flexibility index (Phi) is 5.02. The monoisotopic (exact) mass is 279 g/mol. The molecule has 1 atom stereocenters. The Labute approximate surface area is 118 Å². The molecule has 2 rings (SSSR count). The van der Waals surface area contributed by atoms with Crippen molar-refractivity contribution >= 4 is 11.6 Å². The Morgan fingerprint density at radius 3 is 2.47 bits per heavy atom. The number of hydrogen-bond donors (Lipinski definition) is 2. The van der Waals surface area contributed by atoms with Gasteiger partial charge in [-0.3, -0.25) is 0 Å². The van der Waals surface area contributed by atoms with Gasteiger partial charge < -0.3 is 14.8 Å². The first-order valence-electron chi connectivity index (χ1n) is 6.33. The third-order valence-electron chi connectivity index (χ3n) is 2.95. The maximum atomic E-state index is 8.92. The molecule has 102 valence electrons. The van der Waals surface area contributed by atoms with E-state index < -0.39 is 0 Å². The molecular weight excluding hydrogens is 262 g/mol. The van der Waals surface area contributed by atoms with Crippen LogP contribution in [0.1, 0.15) is 24.0 Å². The van der Waals surface area contributed by atoms with E-state index in [9.17, 15) is 0 Å². The highest BCUT2D eigenvalue weighted by molar-refractivity contribution is 6.30. The Hall–Kier alpha value is -1.29. The third-order valence-corrected chi connectivity index (χ3v) is 3.21. The minimum Gasteiger partial charge on any atom is -0.462 e. The van der Waals surface area contributed by atoms with Gasteiger partial charge >= 0.3 is 0 Å². The van der Waals surface area contributed by atoms with Gasteiger partial charge in [-0.2, -0.15) is 0 Å². The van der Waals surface area contributed by atoms with Crippen LogP contribution in [0.25, 0.3) is 0 Å². The number of furan rings is 1. The fraction of sp³-hybridized carbons (Fsp3) is 0.333. The zero-order valence-corrected chi connectivity index (χ0v) is 11.7. The van der Waals surface area contributed by atoms with E-state index in [1.165, 1.54) is 5.56 Å². The van der Waals surface area contributed by atoms with Crippen LogP contribution in [0, 0.1) is 0 Å². The van der Waals surface area contributed by atoms with Crippen LogP contribution in [0.15, 0.2) is 40.8 Å². The smallest absolute Gasteiger partial charge is 0.129 e. The van der Waals surface area contributed by atoms with Crippen LogP contribution < -0.4 is 5.32 Å². The summed E-state index contributed by atoms with van der Waals surface area (Å²) in [4.78, 5) is 0. The Bertz CT molecular complexity index is 507. The molecule has 19 heavy (non-hydrogen) atoms. The highest BCUT2D eigenvalue weighted by atomic mass is 35.5. The van der Waals surface area contributed by atoms with E-state index in [1.807, 2.05) is 30.3 Å². The molecule has 0 radical (unpaired) electrons. The molecular formula is C15H18ClNO2. The quantitative estimate of drug-likeness (QED) is 0.854. The SMILES string of the molecule is CC(Cc1ccc(Cl)cc1)NCc1ccc(CO)o1. The average Bonchev–Trinajstić information content (AvgIpc) is 2.87. The molecule has 0 fully saturated rings. The van der Waals surface area contributed by atoms with Crippen LogP contribution in [0.4, 0.5) is 0 Å². The number of benzene rings is 1. The molecule has 0 spiro atoms. The van der Waals surface area contributed by atoms with E-state index in [-0.39, 0.29) is 6.61 Å². The largest absolute Gasteiger partial charge is 0.462 e. The molecule has 0 aliphatic rings. The molecule has 0 saturated carbocycles. The van der Waals surface area contributed by atoms with Gasteiger partial charge in [0.05, 0.1) is 6.54 Å². The van der Waals surface area contributed by atoms with Crippen LogP contribution in [-0.2, 0) is 19.6 Å². The third kappa shape index (κ3) is 4.39. The lowest BCUT2D eigenvalue weighted by atomic mass is 10.1. The molecule has 0 bridgehead atoms. The van der Waals surface area contributed by atoms with E-state index in [1.54, 1.807) is 6.07 Å².